The Hall–Kier alpha value is -3.31. The number of aryl methyl sites for hydroxylation is 1. The van der Waals surface area contributed by atoms with Gasteiger partial charge in [-0.05, 0) is 42.3 Å². The predicted octanol–water partition coefficient (Wildman–Crippen LogP) is 4.41. The molecule has 0 heterocycles. The lowest BCUT2D eigenvalue weighted by Crippen LogP contribution is -2.51. The Morgan fingerprint density at radius 3 is 2.31 bits per heavy atom. The fourth-order valence-electron chi connectivity index (χ4n) is 3.49. The first kappa shape index (κ1) is 23.4. The van der Waals surface area contributed by atoms with Crippen molar-refractivity contribution in [3.63, 3.8) is 0 Å². The second kappa shape index (κ2) is 11.3. The molecule has 0 spiro atoms. The molecular formula is C26H27ClN2O3. The average Bonchev–Trinajstić information content (AvgIpc) is 2.81. The van der Waals surface area contributed by atoms with Gasteiger partial charge in [0.25, 0.3) is 5.91 Å². The third-order valence-electron chi connectivity index (χ3n) is 5.13. The summed E-state index contributed by atoms with van der Waals surface area (Å²) in [5.41, 5.74) is 3.01. The highest BCUT2D eigenvalue weighted by atomic mass is 35.5. The summed E-state index contributed by atoms with van der Waals surface area (Å²) in [4.78, 5) is 27.8. The molecule has 0 unspecified atom stereocenters. The molecule has 166 valence electrons. The van der Waals surface area contributed by atoms with Crippen molar-refractivity contribution in [2.75, 3.05) is 13.7 Å². The van der Waals surface area contributed by atoms with Gasteiger partial charge in [0.05, 0.1) is 0 Å². The second-order valence-corrected chi connectivity index (χ2v) is 8.01. The van der Waals surface area contributed by atoms with Crippen LogP contribution in [-0.4, -0.2) is 36.4 Å². The molecule has 3 aromatic carbocycles. The van der Waals surface area contributed by atoms with Crippen molar-refractivity contribution in [2.24, 2.45) is 0 Å². The lowest BCUT2D eigenvalue weighted by atomic mass is 10.0. The molecule has 0 saturated carbocycles. The molecule has 0 saturated heterocycles. The molecule has 1 atom stereocenters. The summed E-state index contributed by atoms with van der Waals surface area (Å²) < 4.78 is 5.70. The van der Waals surface area contributed by atoms with Crippen molar-refractivity contribution in [3.05, 3.63) is 101 Å². The maximum absolute atomic E-state index is 13.3. The molecular weight excluding hydrogens is 424 g/mol. The van der Waals surface area contributed by atoms with E-state index in [1.54, 1.807) is 36.2 Å². The van der Waals surface area contributed by atoms with Crippen LogP contribution in [0, 0.1) is 6.92 Å². The number of halogens is 1. The molecule has 32 heavy (non-hydrogen) atoms. The van der Waals surface area contributed by atoms with E-state index in [1.165, 1.54) is 0 Å². The normalized spacial score (nSPS) is 11.5. The molecule has 0 aromatic heterocycles. The summed E-state index contributed by atoms with van der Waals surface area (Å²) in [5.74, 6) is 0.0464. The molecule has 0 aliphatic heterocycles. The van der Waals surface area contributed by atoms with Crippen LogP contribution in [-0.2, 0) is 22.6 Å². The number of ether oxygens (including phenoxy) is 1. The number of likely N-dealkylation sites (N-methyl/N-ethyl adjacent to an activating group) is 1. The molecule has 3 rings (SSSR count). The third-order valence-corrected chi connectivity index (χ3v) is 5.38. The number of nitrogens with zero attached hydrogens (tertiary/aromatic N) is 1. The number of hydrogen-bond acceptors (Lipinski definition) is 3. The van der Waals surface area contributed by atoms with Crippen LogP contribution in [0.2, 0.25) is 5.02 Å². The first-order valence-electron chi connectivity index (χ1n) is 10.4. The Morgan fingerprint density at radius 1 is 0.969 bits per heavy atom. The molecule has 0 radical (unpaired) electrons. The van der Waals surface area contributed by atoms with Gasteiger partial charge in [0, 0.05) is 25.0 Å². The van der Waals surface area contributed by atoms with Gasteiger partial charge in [0.2, 0.25) is 5.91 Å². The molecule has 0 fully saturated rings. The average molecular weight is 451 g/mol. The Balaban J connectivity index is 1.86. The zero-order valence-corrected chi connectivity index (χ0v) is 19.0. The number of nitrogens with one attached hydrogen (secondary N) is 1. The van der Waals surface area contributed by atoms with Crippen LogP contribution >= 0.6 is 11.6 Å². The van der Waals surface area contributed by atoms with Crippen LogP contribution in [0.25, 0.3) is 0 Å². The highest BCUT2D eigenvalue weighted by Crippen LogP contribution is 2.18. The molecule has 0 aliphatic carbocycles. The molecule has 0 bridgehead atoms. The van der Waals surface area contributed by atoms with E-state index in [9.17, 15) is 9.59 Å². The van der Waals surface area contributed by atoms with Gasteiger partial charge in [-0.3, -0.25) is 9.59 Å². The van der Waals surface area contributed by atoms with Gasteiger partial charge in [-0.15, -0.1) is 0 Å². The van der Waals surface area contributed by atoms with Crippen LogP contribution in [0.15, 0.2) is 78.9 Å². The Labute approximate surface area is 194 Å². The standard InChI is InChI=1S/C26H27ClN2O3/c1-19-7-6-10-21(15-19)17-29(25(30)18-32-23-13-11-22(27)12-14-23)24(26(31)28-2)16-20-8-4-3-5-9-20/h3-15,24H,16-18H2,1-2H3,(H,28,31)/t24-/m1/s1. The number of rotatable bonds is 9. The van der Waals surface area contributed by atoms with Crippen molar-refractivity contribution in [2.45, 2.75) is 25.9 Å². The van der Waals surface area contributed by atoms with Crippen molar-refractivity contribution in [1.82, 2.24) is 10.2 Å². The highest BCUT2D eigenvalue weighted by Gasteiger charge is 2.30. The van der Waals surface area contributed by atoms with E-state index in [1.807, 2.05) is 61.5 Å². The molecule has 1 N–H and O–H groups in total. The van der Waals surface area contributed by atoms with E-state index in [4.69, 9.17) is 16.3 Å². The molecule has 3 aromatic rings. The lowest BCUT2D eigenvalue weighted by Gasteiger charge is -2.31. The minimum absolute atomic E-state index is 0.185. The van der Waals surface area contributed by atoms with Gasteiger partial charge in [-0.25, -0.2) is 0 Å². The van der Waals surface area contributed by atoms with Gasteiger partial charge in [-0.2, -0.15) is 0 Å². The van der Waals surface area contributed by atoms with Crippen LogP contribution < -0.4 is 10.1 Å². The Kier molecular flexibility index (Phi) is 8.28. The predicted molar refractivity (Wildman–Crippen MR) is 127 cm³/mol. The minimum atomic E-state index is -0.677. The second-order valence-electron chi connectivity index (χ2n) is 7.57. The largest absolute Gasteiger partial charge is 0.484 e. The van der Waals surface area contributed by atoms with E-state index >= 15 is 0 Å². The zero-order chi connectivity index (χ0) is 22.9. The number of amides is 2. The summed E-state index contributed by atoms with van der Waals surface area (Å²) in [6, 6.07) is 23.7. The Bertz CT molecular complexity index is 1040. The molecule has 6 heteroatoms. The molecule has 5 nitrogen and oxygen atoms in total. The summed E-state index contributed by atoms with van der Waals surface area (Å²) in [5, 5.41) is 3.30. The van der Waals surface area contributed by atoms with E-state index in [-0.39, 0.29) is 18.4 Å². The fourth-order valence-corrected chi connectivity index (χ4v) is 3.61. The summed E-state index contributed by atoms with van der Waals surface area (Å²) in [7, 11) is 1.58. The SMILES string of the molecule is CNC(=O)[C@@H](Cc1ccccc1)N(Cc1cccc(C)c1)C(=O)COc1ccc(Cl)cc1. The fraction of sp³-hybridized carbons (Fsp3) is 0.231. The van der Waals surface area contributed by atoms with Crippen LogP contribution in [0.3, 0.4) is 0 Å². The molecule has 2 amide bonds. The van der Waals surface area contributed by atoms with Crippen molar-refractivity contribution >= 4 is 23.4 Å². The van der Waals surface area contributed by atoms with Gasteiger partial charge >= 0.3 is 0 Å². The van der Waals surface area contributed by atoms with Gasteiger partial charge in [0.1, 0.15) is 11.8 Å². The lowest BCUT2D eigenvalue weighted by molar-refractivity contribution is -0.142. The summed E-state index contributed by atoms with van der Waals surface area (Å²) in [6.45, 7) is 2.12. The first-order chi connectivity index (χ1) is 15.5. The monoisotopic (exact) mass is 450 g/mol. The van der Waals surface area contributed by atoms with Gasteiger partial charge in [-0.1, -0.05) is 71.8 Å². The van der Waals surface area contributed by atoms with E-state index in [0.29, 0.717) is 23.7 Å². The van der Waals surface area contributed by atoms with Crippen molar-refractivity contribution in [3.8, 4) is 5.75 Å². The number of carbonyl (C=O) groups excluding carboxylic acids is 2. The van der Waals surface area contributed by atoms with E-state index in [2.05, 4.69) is 5.32 Å². The first-order valence-corrected chi connectivity index (χ1v) is 10.8. The van der Waals surface area contributed by atoms with Gasteiger partial charge < -0.3 is 15.0 Å². The zero-order valence-electron chi connectivity index (χ0n) is 18.3. The number of benzene rings is 3. The van der Waals surface area contributed by atoms with Crippen LogP contribution in [0.4, 0.5) is 0 Å². The Morgan fingerprint density at radius 2 is 1.66 bits per heavy atom. The van der Waals surface area contributed by atoms with Crippen LogP contribution in [0.5, 0.6) is 5.75 Å². The minimum Gasteiger partial charge on any atom is -0.484 e. The van der Waals surface area contributed by atoms with E-state index < -0.39 is 6.04 Å². The van der Waals surface area contributed by atoms with E-state index in [0.717, 1.165) is 16.7 Å². The smallest absolute Gasteiger partial charge is 0.261 e. The van der Waals surface area contributed by atoms with Crippen molar-refractivity contribution in [1.29, 1.82) is 0 Å². The third kappa shape index (κ3) is 6.59. The topological polar surface area (TPSA) is 58.6 Å². The quantitative estimate of drug-likeness (QED) is 0.525. The summed E-state index contributed by atoms with van der Waals surface area (Å²) in [6.07, 6.45) is 0.402. The number of carbonyl (C=O) groups is 2. The maximum atomic E-state index is 13.3. The highest BCUT2D eigenvalue weighted by molar-refractivity contribution is 6.30. The summed E-state index contributed by atoms with van der Waals surface area (Å²) >= 11 is 5.92. The molecule has 0 aliphatic rings. The number of hydrogen-bond donors (Lipinski definition) is 1. The van der Waals surface area contributed by atoms with Crippen molar-refractivity contribution < 1.29 is 14.3 Å². The van der Waals surface area contributed by atoms with Crippen LogP contribution in [0.1, 0.15) is 16.7 Å². The maximum Gasteiger partial charge on any atom is 0.261 e. The van der Waals surface area contributed by atoms with Gasteiger partial charge in [0.15, 0.2) is 6.61 Å².